The van der Waals surface area contributed by atoms with E-state index in [9.17, 15) is 24.0 Å². The minimum atomic E-state index is -0.884. The highest BCUT2D eigenvalue weighted by molar-refractivity contribution is 9.10. The van der Waals surface area contributed by atoms with Gasteiger partial charge < -0.3 is 19.8 Å². The van der Waals surface area contributed by atoms with Crippen molar-refractivity contribution in [3.63, 3.8) is 0 Å². The maximum Gasteiger partial charge on any atom is 0.338 e. The van der Waals surface area contributed by atoms with E-state index in [0.29, 0.717) is 47.6 Å². The Morgan fingerprint density at radius 2 is 1.76 bits per heavy atom. The molecular weight excluding hydrogens is 706 g/mol. The average molecular weight is 729 g/mol. The van der Waals surface area contributed by atoms with Gasteiger partial charge in [-0.05, 0) is 73.7 Å². The summed E-state index contributed by atoms with van der Waals surface area (Å²) in [5.74, 6) is -3.12. The molecule has 10 nitrogen and oxygen atoms in total. The van der Waals surface area contributed by atoms with Gasteiger partial charge in [0.1, 0.15) is 11.0 Å². The standard InChI is InChI=1S/C31H23BrClN3O7S2/c1-2-42-30(40)15-3-10-19(11-4-15)36-28(38)24-23(25-27(35-31(41)45-25)44-26(24)29(36)39)20-13-16(32)5-12-21(20)43-14-22(37)34-18-8-6-17(33)7-9-18/h3-13,23-24,26H,2,14H2,1H3,(H,34,37)(H,35,41). The van der Waals surface area contributed by atoms with Crippen molar-refractivity contribution >= 4 is 85.7 Å². The molecular formula is C31H23BrClN3O7S2. The number of nitrogens with zero attached hydrogens (tertiary/aromatic N) is 1. The van der Waals surface area contributed by atoms with Crippen molar-refractivity contribution in [2.45, 2.75) is 23.1 Å². The van der Waals surface area contributed by atoms with E-state index in [-0.39, 0.29) is 18.1 Å². The van der Waals surface area contributed by atoms with Gasteiger partial charge in [0, 0.05) is 31.5 Å². The number of H-pyrrole nitrogens is 1. The highest BCUT2D eigenvalue weighted by Crippen LogP contribution is 2.54. The molecule has 3 unspecified atom stereocenters. The molecule has 0 spiro atoms. The van der Waals surface area contributed by atoms with Crippen LogP contribution in [0.2, 0.25) is 5.02 Å². The molecule has 3 aromatic carbocycles. The third-order valence-electron chi connectivity index (χ3n) is 7.25. The summed E-state index contributed by atoms with van der Waals surface area (Å²) < 4.78 is 11.7. The second-order valence-electron chi connectivity index (χ2n) is 10.1. The average Bonchev–Trinajstić information content (AvgIpc) is 3.51. The summed E-state index contributed by atoms with van der Waals surface area (Å²) in [6.45, 7) is 1.58. The monoisotopic (exact) mass is 727 g/mol. The minimum Gasteiger partial charge on any atom is -0.483 e. The largest absolute Gasteiger partial charge is 0.483 e. The van der Waals surface area contributed by atoms with E-state index >= 15 is 0 Å². The first-order valence-corrected chi connectivity index (χ1v) is 16.5. The van der Waals surface area contributed by atoms with Crippen LogP contribution in [0.1, 0.15) is 33.6 Å². The van der Waals surface area contributed by atoms with Gasteiger partial charge in [0.25, 0.3) is 5.91 Å². The molecule has 14 heteroatoms. The van der Waals surface area contributed by atoms with E-state index in [4.69, 9.17) is 21.1 Å². The van der Waals surface area contributed by atoms with Crippen LogP contribution in [0, 0.1) is 5.92 Å². The fourth-order valence-electron chi connectivity index (χ4n) is 5.34. The summed E-state index contributed by atoms with van der Waals surface area (Å²) in [6.07, 6.45) is 0. The van der Waals surface area contributed by atoms with Crippen LogP contribution in [0.4, 0.5) is 11.4 Å². The summed E-state index contributed by atoms with van der Waals surface area (Å²) in [7, 11) is 0. The number of imide groups is 1. The fourth-order valence-corrected chi connectivity index (χ4v) is 8.35. The summed E-state index contributed by atoms with van der Waals surface area (Å²) in [6, 6.07) is 17.9. The smallest absolute Gasteiger partial charge is 0.338 e. The number of amides is 3. The number of carbonyl (C=O) groups is 4. The number of aromatic amines is 1. The normalized spacial score (nSPS) is 18.7. The lowest BCUT2D eigenvalue weighted by Gasteiger charge is -2.31. The lowest BCUT2D eigenvalue weighted by atomic mass is 9.82. The van der Waals surface area contributed by atoms with Crippen molar-refractivity contribution in [3.8, 4) is 5.75 Å². The van der Waals surface area contributed by atoms with Crippen LogP contribution >= 0.6 is 50.6 Å². The SMILES string of the molecule is CCOC(=O)c1ccc(N2C(=O)C3Sc4[nH]c(=O)sc4C(c4cc(Br)ccc4OCC(=O)Nc4ccc(Cl)cc4)C3C2=O)cc1. The molecule has 1 saturated heterocycles. The van der Waals surface area contributed by atoms with Crippen molar-refractivity contribution in [2.24, 2.45) is 5.92 Å². The number of fused-ring (bicyclic) bond motifs is 2. The Kier molecular flexibility index (Phi) is 8.87. The number of halogens is 2. The zero-order chi connectivity index (χ0) is 31.8. The third kappa shape index (κ3) is 6.17. The van der Waals surface area contributed by atoms with Crippen LogP contribution in [0.3, 0.4) is 0 Å². The Morgan fingerprint density at radius 1 is 1.02 bits per heavy atom. The Bertz CT molecular complexity index is 1880. The van der Waals surface area contributed by atoms with Crippen molar-refractivity contribution < 1.29 is 28.7 Å². The van der Waals surface area contributed by atoms with E-state index in [1.807, 2.05) is 0 Å². The predicted molar refractivity (Wildman–Crippen MR) is 175 cm³/mol. The van der Waals surface area contributed by atoms with E-state index in [1.165, 1.54) is 24.3 Å². The molecule has 3 amide bonds. The molecule has 0 saturated carbocycles. The first-order chi connectivity index (χ1) is 21.6. The van der Waals surface area contributed by atoms with Gasteiger partial charge in [0.05, 0.1) is 28.8 Å². The molecule has 3 heterocycles. The topological polar surface area (TPSA) is 135 Å². The number of hydrogen-bond donors (Lipinski definition) is 2. The maximum absolute atomic E-state index is 14.2. The number of ether oxygens (including phenoxy) is 2. The first kappa shape index (κ1) is 31.1. The summed E-state index contributed by atoms with van der Waals surface area (Å²) in [4.78, 5) is 69.6. The van der Waals surface area contributed by atoms with Crippen molar-refractivity contribution in [2.75, 3.05) is 23.4 Å². The number of hydrogen-bond acceptors (Lipinski definition) is 9. The van der Waals surface area contributed by atoms with Crippen LogP contribution < -0.4 is 19.8 Å². The van der Waals surface area contributed by atoms with Crippen LogP contribution in [0.5, 0.6) is 5.75 Å². The van der Waals surface area contributed by atoms with E-state index < -0.39 is 40.8 Å². The van der Waals surface area contributed by atoms with Gasteiger partial charge in [0.15, 0.2) is 6.61 Å². The highest BCUT2D eigenvalue weighted by atomic mass is 79.9. The van der Waals surface area contributed by atoms with Crippen LogP contribution in [0.25, 0.3) is 0 Å². The van der Waals surface area contributed by atoms with E-state index in [2.05, 4.69) is 26.2 Å². The molecule has 3 atom stereocenters. The molecule has 4 aromatic rings. The summed E-state index contributed by atoms with van der Waals surface area (Å²) in [5, 5.41) is 2.94. The second-order valence-corrected chi connectivity index (χ2v) is 13.6. The third-order valence-corrected chi connectivity index (χ3v) is 10.4. The quantitative estimate of drug-likeness (QED) is 0.171. The lowest BCUT2D eigenvalue weighted by molar-refractivity contribution is -0.122. The Morgan fingerprint density at radius 3 is 2.47 bits per heavy atom. The number of anilines is 2. The molecule has 230 valence electrons. The van der Waals surface area contributed by atoms with Crippen molar-refractivity contribution in [1.82, 2.24) is 4.98 Å². The molecule has 2 aliphatic heterocycles. The Labute approximate surface area is 278 Å². The number of thioether (sulfide) groups is 1. The van der Waals surface area contributed by atoms with Gasteiger partial charge in [-0.15, -0.1) is 0 Å². The first-order valence-electron chi connectivity index (χ1n) is 13.7. The minimum absolute atomic E-state index is 0.214. The molecule has 45 heavy (non-hydrogen) atoms. The van der Waals surface area contributed by atoms with Crippen molar-refractivity contribution in [1.29, 1.82) is 0 Å². The van der Waals surface area contributed by atoms with Crippen LogP contribution in [-0.4, -0.2) is 47.1 Å². The maximum atomic E-state index is 14.2. The number of rotatable bonds is 8. The highest BCUT2D eigenvalue weighted by Gasteiger charge is 2.56. The molecule has 2 aliphatic rings. The van der Waals surface area contributed by atoms with Gasteiger partial charge in [-0.1, -0.05) is 50.6 Å². The molecule has 1 fully saturated rings. The summed E-state index contributed by atoms with van der Waals surface area (Å²) in [5.41, 5.74) is 1.69. The fraction of sp³-hybridized carbons (Fsp3) is 0.194. The molecule has 0 aliphatic carbocycles. The molecule has 0 radical (unpaired) electrons. The number of carbonyl (C=O) groups excluding carboxylic acids is 4. The number of nitrogens with one attached hydrogen (secondary N) is 2. The number of benzene rings is 3. The lowest BCUT2D eigenvalue weighted by Crippen LogP contribution is -2.32. The molecule has 6 rings (SSSR count). The molecule has 2 N–H and O–H groups in total. The predicted octanol–water partition coefficient (Wildman–Crippen LogP) is 5.84. The van der Waals surface area contributed by atoms with E-state index in [0.717, 1.165) is 28.0 Å². The van der Waals surface area contributed by atoms with Gasteiger partial charge >= 0.3 is 10.8 Å². The van der Waals surface area contributed by atoms with Crippen LogP contribution in [0.15, 0.2) is 81.0 Å². The van der Waals surface area contributed by atoms with Crippen molar-refractivity contribution in [3.05, 3.63) is 102 Å². The molecule has 0 bridgehead atoms. The second kappa shape index (κ2) is 12.8. The number of esters is 1. The van der Waals surface area contributed by atoms with Gasteiger partial charge in [-0.2, -0.15) is 0 Å². The zero-order valence-electron chi connectivity index (χ0n) is 23.4. The zero-order valence-corrected chi connectivity index (χ0v) is 27.3. The Balaban J connectivity index is 1.33. The van der Waals surface area contributed by atoms with Crippen LogP contribution in [-0.2, 0) is 19.1 Å². The Hall–Kier alpha value is -3.91. The molecule has 1 aromatic heterocycles. The number of thiazole rings is 1. The van der Waals surface area contributed by atoms with E-state index in [1.54, 1.807) is 49.4 Å². The van der Waals surface area contributed by atoms with Gasteiger partial charge in [-0.25, -0.2) is 9.69 Å². The van der Waals surface area contributed by atoms with Gasteiger partial charge in [0.2, 0.25) is 11.8 Å². The summed E-state index contributed by atoms with van der Waals surface area (Å²) >= 11 is 11.5. The van der Waals surface area contributed by atoms with Gasteiger partial charge in [-0.3, -0.25) is 19.2 Å². The number of aromatic nitrogens is 1.